The Morgan fingerprint density at radius 2 is 2.22 bits per heavy atom. The normalized spacial score (nSPS) is 9.44. The fourth-order valence-corrected chi connectivity index (χ4v) is 0.443. The van der Waals surface area contributed by atoms with Crippen LogP contribution in [-0.4, -0.2) is 25.7 Å². The predicted octanol–water partition coefficient (Wildman–Crippen LogP) is -0.145. The number of carbonyl (C=O) groups excluding carboxylic acids is 1. The smallest absolute Gasteiger partial charge is 0.243 e. The standard InChI is InChI=1S/C4H8INO3/c5-9-2-1-8-3-4(6)7/h1-3H2,(H2,6,7). The van der Waals surface area contributed by atoms with Gasteiger partial charge in [-0.2, -0.15) is 0 Å². The molecule has 0 aromatic rings. The molecule has 0 aliphatic carbocycles. The predicted molar refractivity (Wildman–Crippen MR) is 40.0 cm³/mol. The minimum absolute atomic E-state index is 0.0278. The van der Waals surface area contributed by atoms with Gasteiger partial charge in [-0.05, 0) is 0 Å². The zero-order valence-corrected chi connectivity index (χ0v) is 6.96. The zero-order valence-electron chi connectivity index (χ0n) is 4.80. The molecule has 0 aliphatic heterocycles. The van der Waals surface area contributed by atoms with Gasteiger partial charge < -0.3 is 13.5 Å². The molecule has 0 rings (SSSR count). The summed E-state index contributed by atoms with van der Waals surface area (Å²) >= 11 is 1.75. The fraction of sp³-hybridized carbons (Fsp3) is 0.750. The summed E-state index contributed by atoms with van der Waals surface area (Å²) in [5.74, 6) is -0.455. The van der Waals surface area contributed by atoms with Crippen LogP contribution in [0.15, 0.2) is 0 Å². The van der Waals surface area contributed by atoms with E-state index in [-0.39, 0.29) is 6.61 Å². The molecular weight excluding hydrogens is 237 g/mol. The number of halogens is 1. The van der Waals surface area contributed by atoms with Crippen molar-refractivity contribution >= 4 is 28.9 Å². The van der Waals surface area contributed by atoms with Crippen LogP contribution < -0.4 is 5.73 Å². The third kappa shape index (κ3) is 8.12. The number of carbonyl (C=O) groups is 1. The molecule has 2 N–H and O–H groups in total. The van der Waals surface area contributed by atoms with Gasteiger partial charge in [-0.25, -0.2) is 0 Å². The van der Waals surface area contributed by atoms with Gasteiger partial charge in [0, 0.05) is 0 Å². The number of rotatable bonds is 5. The van der Waals surface area contributed by atoms with Crippen molar-refractivity contribution in [2.75, 3.05) is 19.8 Å². The summed E-state index contributed by atoms with van der Waals surface area (Å²) in [6, 6.07) is 0. The van der Waals surface area contributed by atoms with Crippen molar-refractivity contribution in [3.63, 3.8) is 0 Å². The van der Waals surface area contributed by atoms with E-state index < -0.39 is 5.91 Å². The van der Waals surface area contributed by atoms with Gasteiger partial charge in [-0.15, -0.1) is 0 Å². The third-order valence-electron chi connectivity index (χ3n) is 0.549. The molecule has 0 aromatic carbocycles. The number of primary amides is 1. The molecule has 4 nitrogen and oxygen atoms in total. The fourth-order valence-electron chi connectivity index (χ4n) is 0.263. The summed E-state index contributed by atoms with van der Waals surface area (Å²) < 4.78 is 9.35. The maximum atomic E-state index is 10.0. The topological polar surface area (TPSA) is 61.6 Å². The number of hydrogen-bond donors (Lipinski definition) is 1. The van der Waals surface area contributed by atoms with Gasteiger partial charge in [-0.1, -0.05) is 0 Å². The van der Waals surface area contributed by atoms with Gasteiger partial charge in [0.1, 0.15) is 29.6 Å². The third-order valence-corrected chi connectivity index (χ3v) is 0.990. The SMILES string of the molecule is NC(=O)COCCOI. The Bertz CT molecular complexity index is 87.9. The lowest BCUT2D eigenvalue weighted by atomic mass is 10.7. The summed E-state index contributed by atoms with van der Waals surface area (Å²) in [6.07, 6.45) is 0. The van der Waals surface area contributed by atoms with Crippen molar-refractivity contribution in [1.82, 2.24) is 0 Å². The van der Waals surface area contributed by atoms with Crippen LogP contribution >= 0.6 is 23.0 Å². The average molecular weight is 245 g/mol. The zero-order chi connectivity index (χ0) is 7.11. The first-order valence-electron chi connectivity index (χ1n) is 2.37. The molecule has 0 unspecified atom stereocenters. The molecule has 0 spiro atoms. The second kappa shape index (κ2) is 6.24. The molecule has 5 heteroatoms. The summed E-state index contributed by atoms with van der Waals surface area (Å²) in [6.45, 7) is 0.861. The lowest BCUT2D eigenvalue weighted by Crippen LogP contribution is -2.19. The molecule has 9 heavy (non-hydrogen) atoms. The second-order valence-corrected chi connectivity index (χ2v) is 1.95. The Morgan fingerprint density at radius 3 is 2.67 bits per heavy atom. The summed E-state index contributed by atoms with van der Waals surface area (Å²) in [5, 5.41) is 0. The molecule has 0 aliphatic rings. The molecule has 0 saturated carbocycles. The first-order chi connectivity index (χ1) is 4.27. The Hall–Kier alpha value is 0.120. The van der Waals surface area contributed by atoms with E-state index >= 15 is 0 Å². The highest BCUT2D eigenvalue weighted by atomic mass is 127. The number of amides is 1. The molecule has 0 bridgehead atoms. The Kier molecular flexibility index (Phi) is 6.33. The summed E-state index contributed by atoms with van der Waals surface area (Å²) in [7, 11) is 0. The van der Waals surface area contributed by atoms with E-state index in [0.29, 0.717) is 13.2 Å². The number of nitrogens with two attached hydrogens (primary N) is 1. The molecule has 54 valence electrons. The van der Waals surface area contributed by atoms with Gasteiger partial charge in [0.2, 0.25) is 5.91 Å². The number of hydrogen-bond acceptors (Lipinski definition) is 3. The first kappa shape index (κ1) is 9.12. The molecule has 0 fully saturated rings. The van der Waals surface area contributed by atoms with Crippen molar-refractivity contribution < 1.29 is 12.6 Å². The van der Waals surface area contributed by atoms with Crippen molar-refractivity contribution in [2.45, 2.75) is 0 Å². The monoisotopic (exact) mass is 245 g/mol. The van der Waals surface area contributed by atoms with Gasteiger partial charge >= 0.3 is 0 Å². The molecule has 0 saturated heterocycles. The molecule has 0 heterocycles. The average Bonchev–Trinajstić information content (AvgIpc) is 1.80. The molecular formula is C4H8INO3. The van der Waals surface area contributed by atoms with Crippen LogP contribution in [0.1, 0.15) is 0 Å². The Balaban J connectivity index is 2.83. The summed E-state index contributed by atoms with van der Waals surface area (Å²) in [4.78, 5) is 10.0. The van der Waals surface area contributed by atoms with Crippen LogP contribution in [0.2, 0.25) is 0 Å². The maximum absolute atomic E-state index is 10.0. The van der Waals surface area contributed by atoms with E-state index in [1.165, 1.54) is 0 Å². The van der Waals surface area contributed by atoms with Crippen LogP contribution in [0.5, 0.6) is 0 Å². The largest absolute Gasteiger partial charge is 0.369 e. The van der Waals surface area contributed by atoms with E-state index in [4.69, 9.17) is 10.5 Å². The van der Waals surface area contributed by atoms with E-state index in [9.17, 15) is 4.79 Å². The van der Waals surface area contributed by atoms with Gasteiger partial charge in [-0.3, -0.25) is 4.79 Å². The van der Waals surface area contributed by atoms with E-state index in [2.05, 4.69) is 3.07 Å². The molecule has 1 amide bonds. The van der Waals surface area contributed by atoms with Gasteiger partial charge in [0.05, 0.1) is 13.2 Å². The van der Waals surface area contributed by atoms with Crippen LogP contribution in [0.4, 0.5) is 0 Å². The highest BCUT2D eigenvalue weighted by Gasteiger charge is 1.91. The minimum Gasteiger partial charge on any atom is -0.369 e. The quantitative estimate of drug-likeness (QED) is 0.541. The molecule has 0 aromatic heterocycles. The van der Waals surface area contributed by atoms with E-state index in [1.807, 2.05) is 0 Å². The van der Waals surface area contributed by atoms with Crippen LogP contribution in [0.25, 0.3) is 0 Å². The lowest BCUT2D eigenvalue weighted by molar-refractivity contribution is -0.122. The van der Waals surface area contributed by atoms with Crippen LogP contribution in [0, 0.1) is 0 Å². The van der Waals surface area contributed by atoms with Gasteiger partial charge in [0.15, 0.2) is 0 Å². The minimum atomic E-state index is -0.455. The van der Waals surface area contributed by atoms with E-state index in [0.717, 1.165) is 0 Å². The van der Waals surface area contributed by atoms with Crippen molar-refractivity contribution in [3.8, 4) is 0 Å². The maximum Gasteiger partial charge on any atom is 0.243 e. The van der Waals surface area contributed by atoms with Crippen LogP contribution in [-0.2, 0) is 12.6 Å². The van der Waals surface area contributed by atoms with Crippen molar-refractivity contribution in [3.05, 3.63) is 0 Å². The number of ether oxygens (including phenoxy) is 1. The molecule has 0 atom stereocenters. The Labute approximate surface area is 67.4 Å². The van der Waals surface area contributed by atoms with Crippen molar-refractivity contribution in [1.29, 1.82) is 0 Å². The highest BCUT2D eigenvalue weighted by molar-refractivity contribution is 14.1. The second-order valence-electron chi connectivity index (χ2n) is 1.33. The molecule has 0 radical (unpaired) electrons. The first-order valence-corrected chi connectivity index (χ1v) is 3.25. The Morgan fingerprint density at radius 1 is 1.56 bits per heavy atom. The van der Waals surface area contributed by atoms with E-state index in [1.54, 1.807) is 23.0 Å². The highest BCUT2D eigenvalue weighted by Crippen LogP contribution is 1.84. The lowest BCUT2D eigenvalue weighted by Gasteiger charge is -1.96. The van der Waals surface area contributed by atoms with Crippen LogP contribution in [0.3, 0.4) is 0 Å². The van der Waals surface area contributed by atoms with Crippen molar-refractivity contribution in [2.24, 2.45) is 5.73 Å². The van der Waals surface area contributed by atoms with Gasteiger partial charge in [0.25, 0.3) is 0 Å². The summed E-state index contributed by atoms with van der Waals surface area (Å²) in [5.41, 5.74) is 4.77.